The number of carbonyl (C=O) groups is 1. The maximum absolute atomic E-state index is 13.1. The molecule has 1 unspecified atom stereocenters. The zero-order valence-corrected chi connectivity index (χ0v) is 17.0. The number of nitrogens with zero attached hydrogens (tertiary/aromatic N) is 3. The number of amides is 1. The Morgan fingerprint density at radius 2 is 1.83 bits per heavy atom. The molecule has 0 N–H and O–H groups in total. The van der Waals surface area contributed by atoms with Gasteiger partial charge < -0.3 is 14.5 Å². The Bertz CT molecular complexity index is 840. The molecule has 4 rings (SSSR count). The second kappa shape index (κ2) is 9.11. The molecule has 0 bridgehead atoms. The molecule has 2 aromatic rings. The first-order valence-corrected chi connectivity index (χ1v) is 10.4. The van der Waals surface area contributed by atoms with Crippen LogP contribution in [0.25, 0.3) is 0 Å². The van der Waals surface area contributed by atoms with Crippen LogP contribution in [0.15, 0.2) is 48.5 Å². The summed E-state index contributed by atoms with van der Waals surface area (Å²) in [6.07, 6.45) is 0.00394. The number of piperazine rings is 1. The van der Waals surface area contributed by atoms with Gasteiger partial charge in [-0.05, 0) is 42.5 Å². The fourth-order valence-electron chi connectivity index (χ4n) is 3.95. The van der Waals surface area contributed by atoms with Crippen molar-refractivity contribution in [1.29, 1.82) is 0 Å². The molecule has 0 saturated carbocycles. The highest BCUT2D eigenvalue weighted by Crippen LogP contribution is 2.19. The standard InChI is InChI=1S/C22H25ClFN3O2/c23-18-3-1-2-17(14-18)22(28)27-12-13-29-21(16-27)15-25-8-10-26(11-9-25)20-6-4-19(24)5-7-20/h1-7,14,21H,8-13,15-16H2. The van der Waals surface area contributed by atoms with Crippen molar-refractivity contribution in [2.75, 3.05) is 57.3 Å². The van der Waals surface area contributed by atoms with Gasteiger partial charge in [0.1, 0.15) is 5.82 Å². The molecule has 2 aromatic carbocycles. The molecule has 2 saturated heterocycles. The molecule has 2 aliphatic rings. The lowest BCUT2D eigenvalue weighted by molar-refractivity contribution is -0.0363. The summed E-state index contributed by atoms with van der Waals surface area (Å²) in [5.74, 6) is -0.208. The van der Waals surface area contributed by atoms with Crippen molar-refractivity contribution in [2.45, 2.75) is 6.10 Å². The monoisotopic (exact) mass is 417 g/mol. The van der Waals surface area contributed by atoms with Crippen molar-refractivity contribution in [3.05, 3.63) is 64.9 Å². The Balaban J connectivity index is 1.29. The van der Waals surface area contributed by atoms with E-state index in [1.54, 1.807) is 24.3 Å². The lowest BCUT2D eigenvalue weighted by atomic mass is 10.1. The fourth-order valence-corrected chi connectivity index (χ4v) is 4.14. The maximum atomic E-state index is 13.1. The Morgan fingerprint density at radius 3 is 2.55 bits per heavy atom. The summed E-state index contributed by atoms with van der Waals surface area (Å²) < 4.78 is 19.0. The Morgan fingerprint density at radius 1 is 1.07 bits per heavy atom. The minimum Gasteiger partial charge on any atom is -0.373 e. The van der Waals surface area contributed by atoms with Crippen LogP contribution in [0.4, 0.5) is 10.1 Å². The molecule has 2 heterocycles. The number of anilines is 1. The largest absolute Gasteiger partial charge is 0.373 e. The topological polar surface area (TPSA) is 36.0 Å². The first-order chi connectivity index (χ1) is 14.1. The van der Waals surface area contributed by atoms with Crippen molar-refractivity contribution in [3.63, 3.8) is 0 Å². The van der Waals surface area contributed by atoms with Gasteiger partial charge in [-0.1, -0.05) is 17.7 Å². The normalized spacial score (nSPS) is 20.7. The molecular formula is C22H25ClFN3O2. The van der Waals surface area contributed by atoms with Crippen LogP contribution in [-0.2, 0) is 4.74 Å². The van der Waals surface area contributed by atoms with Crippen LogP contribution in [-0.4, -0.2) is 74.2 Å². The predicted molar refractivity (Wildman–Crippen MR) is 112 cm³/mol. The second-order valence-electron chi connectivity index (χ2n) is 7.52. The van der Waals surface area contributed by atoms with E-state index in [-0.39, 0.29) is 17.8 Å². The van der Waals surface area contributed by atoms with Gasteiger partial charge in [-0.25, -0.2) is 4.39 Å². The number of morpholine rings is 1. The Kier molecular flexibility index (Phi) is 6.33. The van der Waals surface area contributed by atoms with Crippen LogP contribution in [0.2, 0.25) is 5.02 Å². The molecule has 29 heavy (non-hydrogen) atoms. The summed E-state index contributed by atoms with van der Waals surface area (Å²) in [5, 5.41) is 0.569. The summed E-state index contributed by atoms with van der Waals surface area (Å²) in [7, 11) is 0. The van der Waals surface area contributed by atoms with E-state index in [4.69, 9.17) is 16.3 Å². The number of hydrogen-bond donors (Lipinski definition) is 0. The van der Waals surface area contributed by atoms with E-state index < -0.39 is 0 Å². The van der Waals surface area contributed by atoms with Gasteiger partial charge in [0.2, 0.25) is 0 Å². The zero-order valence-electron chi connectivity index (χ0n) is 16.3. The third-order valence-electron chi connectivity index (χ3n) is 5.52. The van der Waals surface area contributed by atoms with Crippen LogP contribution in [0.1, 0.15) is 10.4 Å². The number of benzene rings is 2. The van der Waals surface area contributed by atoms with Gasteiger partial charge in [0, 0.05) is 62.1 Å². The van der Waals surface area contributed by atoms with Gasteiger partial charge in [-0.15, -0.1) is 0 Å². The molecule has 5 nitrogen and oxygen atoms in total. The predicted octanol–water partition coefficient (Wildman–Crippen LogP) is 3.14. The molecule has 2 fully saturated rings. The smallest absolute Gasteiger partial charge is 0.254 e. The van der Waals surface area contributed by atoms with Gasteiger partial charge >= 0.3 is 0 Å². The van der Waals surface area contributed by atoms with E-state index >= 15 is 0 Å². The van der Waals surface area contributed by atoms with Crippen molar-refractivity contribution in [2.24, 2.45) is 0 Å². The van der Waals surface area contributed by atoms with Crippen LogP contribution >= 0.6 is 11.6 Å². The summed E-state index contributed by atoms with van der Waals surface area (Å²) in [6, 6.07) is 13.7. The molecule has 2 aliphatic heterocycles. The van der Waals surface area contributed by atoms with E-state index in [2.05, 4.69) is 9.80 Å². The highest BCUT2D eigenvalue weighted by Gasteiger charge is 2.28. The van der Waals surface area contributed by atoms with Gasteiger partial charge in [-0.2, -0.15) is 0 Å². The summed E-state index contributed by atoms with van der Waals surface area (Å²) in [5.41, 5.74) is 1.67. The van der Waals surface area contributed by atoms with Gasteiger partial charge in [0.05, 0.1) is 12.7 Å². The van der Waals surface area contributed by atoms with Crippen molar-refractivity contribution in [1.82, 2.24) is 9.80 Å². The maximum Gasteiger partial charge on any atom is 0.254 e. The van der Waals surface area contributed by atoms with E-state index in [0.29, 0.717) is 30.3 Å². The quantitative estimate of drug-likeness (QED) is 0.765. The van der Waals surface area contributed by atoms with Crippen LogP contribution in [0.3, 0.4) is 0 Å². The summed E-state index contributed by atoms with van der Waals surface area (Å²) in [4.78, 5) is 19.3. The van der Waals surface area contributed by atoms with E-state index in [9.17, 15) is 9.18 Å². The molecule has 0 radical (unpaired) electrons. The van der Waals surface area contributed by atoms with Crippen molar-refractivity contribution >= 4 is 23.2 Å². The highest BCUT2D eigenvalue weighted by atomic mass is 35.5. The average Bonchev–Trinajstić information content (AvgIpc) is 2.75. The molecule has 0 aromatic heterocycles. The lowest BCUT2D eigenvalue weighted by Crippen LogP contribution is -2.53. The van der Waals surface area contributed by atoms with Gasteiger partial charge in [0.25, 0.3) is 5.91 Å². The number of rotatable bonds is 4. The summed E-state index contributed by atoms with van der Waals surface area (Å²) >= 11 is 6.02. The first-order valence-electron chi connectivity index (χ1n) is 9.98. The van der Waals surface area contributed by atoms with Gasteiger partial charge in [0.15, 0.2) is 0 Å². The molecule has 7 heteroatoms. The fraction of sp³-hybridized carbons (Fsp3) is 0.409. The minimum absolute atomic E-state index is 0.00179. The highest BCUT2D eigenvalue weighted by molar-refractivity contribution is 6.30. The van der Waals surface area contributed by atoms with Crippen LogP contribution < -0.4 is 4.90 Å². The molecule has 1 amide bonds. The van der Waals surface area contributed by atoms with Crippen LogP contribution in [0, 0.1) is 5.82 Å². The third-order valence-corrected chi connectivity index (χ3v) is 5.76. The SMILES string of the molecule is O=C(c1cccc(Cl)c1)N1CCOC(CN2CCN(c3ccc(F)cc3)CC2)C1. The zero-order chi connectivity index (χ0) is 20.2. The van der Waals surface area contributed by atoms with Crippen molar-refractivity contribution in [3.8, 4) is 0 Å². The number of hydrogen-bond acceptors (Lipinski definition) is 4. The van der Waals surface area contributed by atoms with E-state index in [1.807, 2.05) is 17.0 Å². The van der Waals surface area contributed by atoms with E-state index in [0.717, 1.165) is 38.4 Å². The van der Waals surface area contributed by atoms with Crippen molar-refractivity contribution < 1.29 is 13.9 Å². The molecular weight excluding hydrogens is 393 g/mol. The van der Waals surface area contributed by atoms with E-state index in [1.165, 1.54) is 12.1 Å². The molecule has 0 aliphatic carbocycles. The minimum atomic E-state index is -0.210. The molecule has 1 atom stereocenters. The van der Waals surface area contributed by atoms with Gasteiger partial charge in [-0.3, -0.25) is 9.69 Å². The average molecular weight is 418 g/mol. The Labute approximate surface area is 175 Å². The molecule has 0 spiro atoms. The third kappa shape index (κ3) is 5.07. The second-order valence-corrected chi connectivity index (χ2v) is 7.95. The Hall–Kier alpha value is -2.15. The van der Waals surface area contributed by atoms with Crippen LogP contribution in [0.5, 0.6) is 0 Å². The number of ether oxygens (including phenoxy) is 1. The lowest BCUT2D eigenvalue weighted by Gasteiger charge is -2.40. The summed E-state index contributed by atoms with van der Waals surface area (Å²) in [6.45, 7) is 6.15. The first kappa shape index (κ1) is 20.1. The molecule has 154 valence electrons. The number of carbonyl (C=O) groups excluding carboxylic acids is 1. The number of halogens is 2.